The maximum absolute atomic E-state index is 12.1. The minimum Gasteiger partial charge on any atom is -0.355 e. The van der Waals surface area contributed by atoms with E-state index in [0.717, 1.165) is 18.7 Å². The summed E-state index contributed by atoms with van der Waals surface area (Å²) in [5.74, 6) is 0.0200. The normalized spacial score (nSPS) is 19.2. The number of hydrogen-bond donors (Lipinski definition) is 2. The van der Waals surface area contributed by atoms with E-state index in [1.54, 1.807) is 12.1 Å². The van der Waals surface area contributed by atoms with Gasteiger partial charge in [0.2, 0.25) is 5.91 Å². The summed E-state index contributed by atoms with van der Waals surface area (Å²) in [5.41, 5.74) is 1.05. The number of hydrogen-bond acceptors (Lipinski definition) is 5. The van der Waals surface area contributed by atoms with Gasteiger partial charge in [0.05, 0.1) is 4.92 Å². The van der Waals surface area contributed by atoms with E-state index in [4.69, 9.17) is 0 Å². The molecule has 7 heteroatoms. The first kappa shape index (κ1) is 15.4. The van der Waals surface area contributed by atoms with E-state index in [9.17, 15) is 14.9 Å². The Morgan fingerprint density at radius 2 is 2.19 bits per heavy atom. The van der Waals surface area contributed by atoms with Gasteiger partial charge in [-0.25, -0.2) is 0 Å². The van der Waals surface area contributed by atoms with Gasteiger partial charge < -0.3 is 10.6 Å². The number of carbonyl (C=O) groups excluding carboxylic acids is 1. The van der Waals surface area contributed by atoms with Crippen LogP contribution in [0, 0.1) is 10.1 Å². The van der Waals surface area contributed by atoms with Crippen molar-refractivity contribution in [2.75, 3.05) is 26.2 Å². The molecule has 0 radical (unpaired) electrons. The van der Waals surface area contributed by atoms with E-state index in [1.807, 2.05) is 6.92 Å². The van der Waals surface area contributed by atoms with E-state index < -0.39 is 4.92 Å². The maximum atomic E-state index is 12.1. The van der Waals surface area contributed by atoms with Crippen LogP contribution in [0.1, 0.15) is 12.5 Å². The number of benzene rings is 1. The Kier molecular flexibility index (Phi) is 5.24. The maximum Gasteiger partial charge on any atom is 0.269 e. The quantitative estimate of drug-likeness (QED) is 0.610. The second kappa shape index (κ2) is 7.14. The molecule has 0 saturated carbocycles. The molecular formula is C14H20N4O3. The number of nitrogens with one attached hydrogen (secondary N) is 2. The number of nitro benzene ring substituents is 1. The average Bonchev–Trinajstić information content (AvgIpc) is 2.48. The summed E-state index contributed by atoms with van der Waals surface area (Å²) in [7, 11) is 0. The van der Waals surface area contributed by atoms with Gasteiger partial charge in [0.1, 0.15) is 6.04 Å². The largest absolute Gasteiger partial charge is 0.355 e. The molecule has 0 bridgehead atoms. The number of carbonyl (C=O) groups is 1. The summed E-state index contributed by atoms with van der Waals surface area (Å²) in [4.78, 5) is 24.4. The fraction of sp³-hybridized carbons (Fsp3) is 0.500. The SMILES string of the molecule is CCNC(=O)C1CNCCN1Cc1ccc([N+](=O)[O-])cc1. The minimum absolute atomic E-state index is 0.0200. The molecule has 21 heavy (non-hydrogen) atoms. The van der Waals surface area contributed by atoms with Crippen molar-refractivity contribution in [2.24, 2.45) is 0 Å². The van der Waals surface area contributed by atoms with Crippen LogP contribution in [-0.4, -0.2) is 48.0 Å². The summed E-state index contributed by atoms with van der Waals surface area (Å²) in [6.45, 7) is 5.36. The molecule has 1 aromatic rings. The van der Waals surface area contributed by atoms with Crippen LogP contribution in [0.3, 0.4) is 0 Å². The monoisotopic (exact) mass is 292 g/mol. The lowest BCUT2D eigenvalue weighted by atomic mass is 10.1. The van der Waals surface area contributed by atoms with Gasteiger partial charge in [-0.05, 0) is 12.5 Å². The van der Waals surface area contributed by atoms with Crippen LogP contribution in [0.5, 0.6) is 0 Å². The lowest BCUT2D eigenvalue weighted by Crippen LogP contribution is -2.57. The fourth-order valence-electron chi connectivity index (χ4n) is 2.44. The van der Waals surface area contributed by atoms with Crippen LogP contribution in [-0.2, 0) is 11.3 Å². The third kappa shape index (κ3) is 3.99. The minimum atomic E-state index is -0.411. The molecule has 2 N–H and O–H groups in total. The van der Waals surface area contributed by atoms with Crippen molar-refractivity contribution in [3.8, 4) is 0 Å². The van der Waals surface area contributed by atoms with Gasteiger partial charge in [0.25, 0.3) is 5.69 Å². The van der Waals surface area contributed by atoms with Gasteiger partial charge in [-0.1, -0.05) is 12.1 Å². The summed E-state index contributed by atoms with van der Waals surface area (Å²) < 4.78 is 0. The molecule has 1 amide bonds. The third-order valence-corrected chi connectivity index (χ3v) is 3.54. The standard InChI is InChI=1S/C14H20N4O3/c1-2-16-14(19)13-9-15-7-8-17(13)10-11-3-5-12(6-4-11)18(20)21/h3-6,13,15H,2,7-10H2,1H3,(H,16,19). The number of nitrogens with zero attached hydrogens (tertiary/aromatic N) is 2. The first-order valence-corrected chi connectivity index (χ1v) is 7.07. The number of likely N-dealkylation sites (N-methyl/N-ethyl adjacent to an activating group) is 1. The van der Waals surface area contributed by atoms with Crippen molar-refractivity contribution < 1.29 is 9.72 Å². The Hall–Kier alpha value is -1.99. The van der Waals surface area contributed by atoms with Crippen molar-refractivity contribution in [3.05, 3.63) is 39.9 Å². The number of amides is 1. The van der Waals surface area contributed by atoms with Crippen molar-refractivity contribution in [1.82, 2.24) is 15.5 Å². The summed E-state index contributed by atoms with van der Waals surface area (Å²) >= 11 is 0. The molecule has 2 rings (SSSR count). The van der Waals surface area contributed by atoms with Crippen LogP contribution in [0.25, 0.3) is 0 Å². The summed E-state index contributed by atoms with van der Waals surface area (Å²) in [6, 6.07) is 6.29. The van der Waals surface area contributed by atoms with E-state index in [2.05, 4.69) is 15.5 Å². The molecule has 1 saturated heterocycles. The van der Waals surface area contributed by atoms with Crippen LogP contribution in [0.15, 0.2) is 24.3 Å². The van der Waals surface area contributed by atoms with Gasteiger partial charge in [-0.15, -0.1) is 0 Å². The van der Waals surface area contributed by atoms with Gasteiger partial charge in [-0.2, -0.15) is 0 Å². The first-order chi connectivity index (χ1) is 10.1. The predicted molar refractivity (Wildman–Crippen MR) is 78.8 cm³/mol. The van der Waals surface area contributed by atoms with Crippen molar-refractivity contribution in [1.29, 1.82) is 0 Å². The molecule has 0 aromatic heterocycles. The number of nitro groups is 1. The Morgan fingerprint density at radius 3 is 2.81 bits per heavy atom. The average molecular weight is 292 g/mol. The van der Waals surface area contributed by atoms with Crippen LogP contribution >= 0.6 is 0 Å². The topological polar surface area (TPSA) is 87.5 Å². The van der Waals surface area contributed by atoms with E-state index in [1.165, 1.54) is 12.1 Å². The highest BCUT2D eigenvalue weighted by Gasteiger charge is 2.28. The van der Waals surface area contributed by atoms with Crippen LogP contribution in [0.2, 0.25) is 0 Å². The Morgan fingerprint density at radius 1 is 1.48 bits per heavy atom. The van der Waals surface area contributed by atoms with Crippen LogP contribution in [0.4, 0.5) is 5.69 Å². The van der Waals surface area contributed by atoms with E-state index in [0.29, 0.717) is 19.6 Å². The summed E-state index contributed by atoms with van der Waals surface area (Å²) in [5, 5.41) is 16.7. The molecule has 1 heterocycles. The second-order valence-electron chi connectivity index (χ2n) is 5.01. The Balaban J connectivity index is 2.04. The molecule has 114 valence electrons. The zero-order valence-corrected chi connectivity index (χ0v) is 12.0. The predicted octanol–water partition coefficient (Wildman–Crippen LogP) is 0.505. The van der Waals surface area contributed by atoms with Gasteiger partial charge in [0, 0.05) is 44.9 Å². The van der Waals surface area contributed by atoms with Gasteiger partial charge in [-0.3, -0.25) is 19.8 Å². The third-order valence-electron chi connectivity index (χ3n) is 3.54. The van der Waals surface area contributed by atoms with Crippen molar-refractivity contribution in [2.45, 2.75) is 19.5 Å². The zero-order valence-electron chi connectivity index (χ0n) is 12.0. The van der Waals surface area contributed by atoms with Gasteiger partial charge >= 0.3 is 0 Å². The molecule has 1 aliphatic heterocycles. The number of non-ortho nitro benzene ring substituents is 1. The molecule has 0 aliphatic carbocycles. The lowest BCUT2D eigenvalue weighted by Gasteiger charge is -2.35. The Labute approximate surface area is 123 Å². The highest BCUT2D eigenvalue weighted by molar-refractivity contribution is 5.82. The van der Waals surface area contributed by atoms with Crippen molar-refractivity contribution in [3.63, 3.8) is 0 Å². The van der Waals surface area contributed by atoms with Crippen molar-refractivity contribution >= 4 is 11.6 Å². The van der Waals surface area contributed by atoms with E-state index in [-0.39, 0.29) is 17.6 Å². The molecule has 1 atom stereocenters. The number of rotatable bonds is 5. The van der Waals surface area contributed by atoms with Crippen LogP contribution < -0.4 is 10.6 Å². The number of piperazine rings is 1. The summed E-state index contributed by atoms with van der Waals surface area (Å²) in [6.07, 6.45) is 0. The second-order valence-corrected chi connectivity index (χ2v) is 5.01. The molecule has 1 fully saturated rings. The van der Waals surface area contributed by atoms with E-state index >= 15 is 0 Å². The highest BCUT2D eigenvalue weighted by Crippen LogP contribution is 2.15. The fourth-order valence-corrected chi connectivity index (χ4v) is 2.44. The molecular weight excluding hydrogens is 272 g/mol. The molecule has 0 spiro atoms. The molecule has 7 nitrogen and oxygen atoms in total. The zero-order chi connectivity index (χ0) is 15.2. The highest BCUT2D eigenvalue weighted by atomic mass is 16.6. The molecule has 1 aliphatic rings. The first-order valence-electron chi connectivity index (χ1n) is 7.07. The van der Waals surface area contributed by atoms with Gasteiger partial charge in [0.15, 0.2) is 0 Å². The smallest absolute Gasteiger partial charge is 0.269 e. The Bertz CT molecular complexity index is 503. The lowest BCUT2D eigenvalue weighted by molar-refractivity contribution is -0.384. The molecule has 1 unspecified atom stereocenters. The molecule has 1 aromatic carbocycles.